The maximum absolute atomic E-state index is 13.0. The third-order valence-corrected chi connectivity index (χ3v) is 6.00. The van der Waals surface area contributed by atoms with Gasteiger partial charge in [0.05, 0.1) is 12.0 Å². The zero-order chi connectivity index (χ0) is 21.5. The molecule has 2 amide bonds. The summed E-state index contributed by atoms with van der Waals surface area (Å²) in [5.41, 5.74) is 2.69. The number of ether oxygens (including phenoxy) is 2. The molecule has 6 nitrogen and oxygen atoms in total. The molecule has 0 saturated carbocycles. The summed E-state index contributed by atoms with van der Waals surface area (Å²) in [6.07, 6.45) is 5.93. The summed E-state index contributed by atoms with van der Waals surface area (Å²) in [5.74, 6) is -0.481. The molecule has 4 rings (SSSR count). The maximum atomic E-state index is 13.0. The molecule has 2 saturated heterocycles. The fourth-order valence-corrected chi connectivity index (χ4v) is 4.52. The number of nitrogens with zero attached hydrogens (tertiary/aromatic N) is 2. The highest BCUT2D eigenvalue weighted by atomic mass is 16.6. The summed E-state index contributed by atoms with van der Waals surface area (Å²) >= 11 is 0. The van der Waals surface area contributed by atoms with Crippen LogP contribution in [-0.4, -0.2) is 46.3 Å². The van der Waals surface area contributed by atoms with E-state index in [0.29, 0.717) is 13.0 Å². The topological polar surface area (TPSA) is 60.8 Å². The molecule has 3 heterocycles. The van der Waals surface area contributed by atoms with Gasteiger partial charge in [0.25, 0.3) is 0 Å². The maximum Gasteiger partial charge on any atom is 0.417 e. The summed E-state index contributed by atoms with van der Waals surface area (Å²) in [6.45, 7) is 9.61. The lowest BCUT2D eigenvalue weighted by Crippen LogP contribution is -2.38. The van der Waals surface area contributed by atoms with Gasteiger partial charge in [-0.15, -0.1) is 0 Å². The molecular formula is C24H32N2O4. The number of rotatable bonds is 3. The van der Waals surface area contributed by atoms with Gasteiger partial charge in [-0.05, 0) is 70.6 Å². The van der Waals surface area contributed by atoms with E-state index < -0.39 is 11.7 Å². The highest BCUT2D eigenvalue weighted by molar-refractivity contribution is 5.98. The van der Waals surface area contributed by atoms with Crippen molar-refractivity contribution in [2.45, 2.75) is 77.5 Å². The van der Waals surface area contributed by atoms with Crippen molar-refractivity contribution in [2.75, 3.05) is 13.2 Å². The van der Waals surface area contributed by atoms with Crippen LogP contribution >= 0.6 is 0 Å². The minimum Gasteiger partial charge on any atom is -0.443 e. The van der Waals surface area contributed by atoms with Crippen LogP contribution in [0.25, 0.3) is 10.9 Å². The summed E-state index contributed by atoms with van der Waals surface area (Å²) < 4.78 is 13.6. The molecule has 162 valence electrons. The second-order valence-electron chi connectivity index (χ2n) is 9.54. The van der Waals surface area contributed by atoms with E-state index in [9.17, 15) is 9.59 Å². The summed E-state index contributed by atoms with van der Waals surface area (Å²) in [5, 5.41) is 1.20. The number of benzene rings is 1. The van der Waals surface area contributed by atoms with Crippen LogP contribution in [0.5, 0.6) is 0 Å². The molecule has 0 aliphatic carbocycles. The highest BCUT2D eigenvalue weighted by Crippen LogP contribution is 2.33. The number of hydrogen-bond donors (Lipinski definition) is 0. The van der Waals surface area contributed by atoms with Crippen LogP contribution in [0, 0.1) is 6.92 Å². The van der Waals surface area contributed by atoms with E-state index in [2.05, 4.69) is 29.8 Å². The molecule has 2 unspecified atom stereocenters. The lowest BCUT2D eigenvalue weighted by atomic mass is 9.96. The molecule has 0 radical (unpaired) electrons. The molecule has 0 spiro atoms. The lowest BCUT2D eigenvalue weighted by Gasteiger charge is -2.24. The Morgan fingerprint density at radius 2 is 2.03 bits per heavy atom. The van der Waals surface area contributed by atoms with E-state index >= 15 is 0 Å². The van der Waals surface area contributed by atoms with Crippen molar-refractivity contribution < 1.29 is 19.1 Å². The molecule has 6 heteroatoms. The average Bonchev–Trinajstić information content (AvgIpc) is 3.21. The molecule has 1 aromatic carbocycles. The Bertz CT molecular complexity index is 950. The highest BCUT2D eigenvalue weighted by Gasteiger charge is 2.38. The van der Waals surface area contributed by atoms with Crippen LogP contribution in [0.4, 0.5) is 4.79 Å². The second-order valence-corrected chi connectivity index (χ2v) is 9.54. The molecule has 2 atom stereocenters. The van der Waals surface area contributed by atoms with Gasteiger partial charge in [-0.25, -0.2) is 9.69 Å². The van der Waals surface area contributed by atoms with Crippen LogP contribution < -0.4 is 0 Å². The Kier molecular flexibility index (Phi) is 5.62. The zero-order valence-corrected chi connectivity index (χ0v) is 18.4. The number of fused-ring (bicyclic) bond motifs is 1. The summed E-state index contributed by atoms with van der Waals surface area (Å²) in [4.78, 5) is 26.6. The molecule has 2 aromatic rings. The smallest absolute Gasteiger partial charge is 0.417 e. The van der Waals surface area contributed by atoms with E-state index in [1.54, 1.807) is 0 Å². The van der Waals surface area contributed by atoms with E-state index in [0.717, 1.165) is 37.1 Å². The number of aryl methyl sites for hydroxylation is 1. The van der Waals surface area contributed by atoms with E-state index in [-0.39, 0.29) is 17.9 Å². The summed E-state index contributed by atoms with van der Waals surface area (Å²) in [6, 6.07) is 6.24. The minimum absolute atomic E-state index is 0.172. The van der Waals surface area contributed by atoms with Crippen molar-refractivity contribution in [2.24, 2.45) is 0 Å². The average molecular weight is 413 g/mol. The van der Waals surface area contributed by atoms with Crippen molar-refractivity contribution in [3.05, 3.63) is 35.5 Å². The Morgan fingerprint density at radius 3 is 2.73 bits per heavy atom. The molecule has 1 aromatic heterocycles. The quantitative estimate of drug-likeness (QED) is 0.729. The van der Waals surface area contributed by atoms with Crippen molar-refractivity contribution >= 4 is 22.9 Å². The fourth-order valence-electron chi connectivity index (χ4n) is 4.52. The van der Waals surface area contributed by atoms with E-state index in [1.807, 2.05) is 26.8 Å². The molecule has 2 aliphatic heterocycles. The van der Waals surface area contributed by atoms with Gasteiger partial charge in [-0.1, -0.05) is 12.1 Å². The number of carbonyl (C=O) groups excluding carboxylic acids is 2. The molecule has 30 heavy (non-hydrogen) atoms. The van der Waals surface area contributed by atoms with Gasteiger partial charge >= 0.3 is 6.09 Å². The van der Waals surface area contributed by atoms with Crippen molar-refractivity contribution in [1.29, 1.82) is 0 Å². The summed E-state index contributed by atoms with van der Waals surface area (Å²) in [7, 11) is 0. The number of hydrogen-bond acceptors (Lipinski definition) is 4. The van der Waals surface area contributed by atoms with Crippen LogP contribution in [-0.2, 0) is 20.8 Å². The lowest BCUT2D eigenvalue weighted by molar-refractivity contribution is -0.128. The third kappa shape index (κ3) is 4.24. The molecule has 2 aliphatic rings. The van der Waals surface area contributed by atoms with Crippen LogP contribution in [0.15, 0.2) is 24.4 Å². The van der Waals surface area contributed by atoms with Crippen LogP contribution in [0.1, 0.15) is 63.5 Å². The van der Waals surface area contributed by atoms with Crippen molar-refractivity contribution in [3.8, 4) is 0 Å². The Hall–Kier alpha value is -2.34. The standard InChI is InChI=1S/C24H32N2O4/c1-16-14-25(15-18-7-5-6-12-29-18)21-13-17(8-9-19(16)21)20-10-11-26(22(20)27)23(28)30-24(2,3)4/h8-9,13-14,18,20H,5-7,10-12,15H2,1-4H3. The fraction of sp³-hybridized carbons (Fsp3) is 0.583. The second kappa shape index (κ2) is 8.06. The van der Waals surface area contributed by atoms with Crippen LogP contribution in [0.2, 0.25) is 0 Å². The van der Waals surface area contributed by atoms with Gasteiger partial charge in [0, 0.05) is 36.8 Å². The number of imide groups is 1. The van der Waals surface area contributed by atoms with Crippen molar-refractivity contribution in [3.63, 3.8) is 0 Å². The largest absolute Gasteiger partial charge is 0.443 e. The SMILES string of the molecule is Cc1cn(CC2CCCCO2)c2cc(C3CCN(C(=O)OC(C)(C)C)C3=O)ccc12. The minimum atomic E-state index is -0.617. The van der Waals surface area contributed by atoms with Gasteiger partial charge in [0.2, 0.25) is 5.91 Å². The predicted octanol–water partition coefficient (Wildman–Crippen LogP) is 4.77. The first kappa shape index (κ1) is 20.9. The Labute approximate surface area is 178 Å². The first-order valence-electron chi connectivity index (χ1n) is 11.0. The Morgan fingerprint density at radius 1 is 1.23 bits per heavy atom. The van der Waals surface area contributed by atoms with Gasteiger partial charge in [-0.3, -0.25) is 4.79 Å². The molecular weight excluding hydrogens is 380 g/mol. The first-order valence-corrected chi connectivity index (χ1v) is 11.0. The van der Waals surface area contributed by atoms with Gasteiger partial charge in [0.1, 0.15) is 5.60 Å². The van der Waals surface area contributed by atoms with Gasteiger partial charge in [-0.2, -0.15) is 0 Å². The molecule has 0 bridgehead atoms. The predicted molar refractivity (Wildman–Crippen MR) is 116 cm³/mol. The Balaban J connectivity index is 1.56. The zero-order valence-electron chi connectivity index (χ0n) is 18.4. The normalized spacial score (nSPS) is 22.7. The number of carbonyl (C=O) groups is 2. The number of amides is 2. The van der Waals surface area contributed by atoms with Crippen LogP contribution in [0.3, 0.4) is 0 Å². The molecule has 2 fully saturated rings. The number of aromatic nitrogens is 1. The van der Waals surface area contributed by atoms with Gasteiger partial charge < -0.3 is 14.0 Å². The van der Waals surface area contributed by atoms with Crippen molar-refractivity contribution in [1.82, 2.24) is 9.47 Å². The van der Waals surface area contributed by atoms with Gasteiger partial charge in [0.15, 0.2) is 0 Å². The monoisotopic (exact) mass is 412 g/mol. The number of likely N-dealkylation sites (tertiary alicyclic amines) is 1. The van der Waals surface area contributed by atoms with E-state index in [1.165, 1.54) is 22.3 Å². The van der Waals surface area contributed by atoms with E-state index in [4.69, 9.17) is 9.47 Å². The molecule has 0 N–H and O–H groups in total. The first-order chi connectivity index (χ1) is 14.2. The third-order valence-electron chi connectivity index (χ3n) is 6.00.